The van der Waals surface area contributed by atoms with Gasteiger partial charge < -0.3 is 5.32 Å². The van der Waals surface area contributed by atoms with Gasteiger partial charge in [0.2, 0.25) is 0 Å². The van der Waals surface area contributed by atoms with Crippen molar-refractivity contribution in [3.8, 4) is 6.07 Å². The first-order valence-electron chi connectivity index (χ1n) is 4.39. The van der Waals surface area contributed by atoms with Crippen molar-refractivity contribution >= 4 is 17.4 Å². The van der Waals surface area contributed by atoms with Crippen LogP contribution in [0.25, 0.3) is 0 Å². The molecule has 1 aromatic heterocycles. The predicted molar refractivity (Wildman–Crippen MR) is 60.4 cm³/mol. The van der Waals surface area contributed by atoms with E-state index in [2.05, 4.69) is 23.5 Å². The molecule has 0 saturated carbocycles. The minimum absolute atomic E-state index is 0.452. The van der Waals surface area contributed by atoms with Crippen LogP contribution >= 0.6 is 11.8 Å². The molecule has 0 aromatic carbocycles. The maximum atomic E-state index is 8.55. The van der Waals surface area contributed by atoms with Gasteiger partial charge in [-0.2, -0.15) is 17.0 Å². The van der Waals surface area contributed by atoms with E-state index in [4.69, 9.17) is 5.26 Å². The van der Waals surface area contributed by atoms with E-state index >= 15 is 0 Å². The number of aromatic nitrogens is 1. The number of hydrogen-bond acceptors (Lipinski definition) is 4. The molecule has 1 heterocycles. The van der Waals surface area contributed by atoms with E-state index in [9.17, 15) is 0 Å². The molecule has 0 aliphatic rings. The van der Waals surface area contributed by atoms with E-state index in [1.165, 1.54) is 0 Å². The summed E-state index contributed by atoms with van der Waals surface area (Å²) in [6.07, 6.45) is 3.77. The van der Waals surface area contributed by atoms with Gasteiger partial charge in [-0.05, 0) is 18.4 Å². The summed E-state index contributed by atoms with van der Waals surface area (Å²) in [5, 5.41) is 12.4. The SMILES string of the molecule is CSC(C)CNc1ccc(C#N)nc1. The van der Waals surface area contributed by atoms with Crippen LogP contribution in [0.5, 0.6) is 0 Å². The zero-order valence-electron chi connectivity index (χ0n) is 8.32. The van der Waals surface area contributed by atoms with Gasteiger partial charge in [-0.1, -0.05) is 6.92 Å². The number of nitriles is 1. The number of pyridine rings is 1. The Morgan fingerprint density at radius 3 is 2.93 bits per heavy atom. The summed E-state index contributed by atoms with van der Waals surface area (Å²) in [5.41, 5.74) is 1.42. The average molecular weight is 207 g/mol. The van der Waals surface area contributed by atoms with Crippen molar-refractivity contribution in [3.05, 3.63) is 24.0 Å². The molecule has 0 radical (unpaired) electrons. The van der Waals surface area contributed by atoms with Crippen LogP contribution in [0.4, 0.5) is 5.69 Å². The number of rotatable bonds is 4. The van der Waals surface area contributed by atoms with Crippen molar-refractivity contribution in [1.82, 2.24) is 4.98 Å². The number of anilines is 1. The number of nitrogens with one attached hydrogen (secondary N) is 1. The molecule has 1 unspecified atom stereocenters. The molecule has 14 heavy (non-hydrogen) atoms. The second-order valence-electron chi connectivity index (χ2n) is 2.97. The van der Waals surface area contributed by atoms with E-state index in [1.54, 1.807) is 12.3 Å². The lowest BCUT2D eigenvalue weighted by Crippen LogP contribution is -2.12. The monoisotopic (exact) mass is 207 g/mol. The van der Waals surface area contributed by atoms with E-state index in [-0.39, 0.29) is 0 Å². The number of thioether (sulfide) groups is 1. The average Bonchev–Trinajstić information content (AvgIpc) is 2.26. The molecule has 0 fully saturated rings. The Hall–Kier alpha value is -1.21. The van der Waals surface area contributed by atoms with E-state index in [0.29, 0.717) is 10.9 Å². The summed E-state index contributed by atoms with van der Waals surface area (Å²) in [4.78, 5) is 3.97. The highest BCUT2D eigenvalue weighted by atomic mass is 32.2. The van der Waals surface area contributed by atoms with Crippen LogP contribution in [0.15, 0.2) is 18.3 Å². The van der Waals surface area contributed by atoms with Gasteiger partial charge in [0.15, 0.2) is 0 Å². The van der Waals surface area contributed by atoms with Gasteiger partial charge in [0.1, 0.15) is 11.8 Å². The molecule has 0 amide bonds. The standard InChI is InChI=1S/C10H13N3S/c1-8(14-2)6-12-10-4-3-9(5-11)13-7-10/h3-4,7-8,12H,6H2,1-2H3. The Morgan fingerprint density at radius 2 is 2.43 bits per heavy atom. The van der Waals surface area contributed by atoms with E-state index in [0.717, 1.165) is 12.2 Å². The molecule has 1 atom stereocenters. The molecule has 0 aliphatic heterocycles. The summed E-state index contributed by atoms with van der Waals surface area (Å²) in [6, 6.07) is 5.58. The third-order valence-electron chi connectivity index (χ3n) is 1.87. The molecule has 0 aliphatic carbocycles. The topological polar surface area (TPSA) is 48.7 Å². The van der Waals surface area contributed by atoms with Gasteiger partial charge in [0, 0.05) is 11.8 Å². The van der Waals surface area contributed by atoms with Crippen LogP contribution in [0.3, 0.4) is 0 Å². The lowest BCUT2D eigenvalue weighted by molar-refractivity contribution is 1.00. The second kappa shape index (κ2) is 5.51. The Kier molecular flexibility index (Phi) is 4.27. The van der Waals surface area contributed by atoms with Gasteiger partial charge in [0.25, 0.3) is 0 Å². The van der Waals surface area contributed by atoms with Crippen molar-refractivity contribution in [1.29, 1.82) is 5.26 Å². The fraction of sp³-hybridized carbons (Fsp3) is 0.400. The highest BCUT2D eigenvalue weighted by molar-refractivity contribution is 7.99. The van der Waals surface area contributed by atoms with Crippen molar-refractivity contribution in [2.24, 2.45) is 0 Å². The third-order valence-corrected chi connectivity index (χ3v) is 2.85. The van der Waals surface area contributed by atoms with Gasteiger partial charge >= 0.3 is 0 Å². The molecule has 74 valence electrons. The largest absolute Gasteiger partial charge is 0.383 e. The summed E-state index contributed by atoms with van der Waals surface area (Å²) >= 11 is 1.82. The summed E-state index contributed by atoms with van der Waals surface area (Å²) in [5.74, 6) is 0. The van der Waals surface area contributed by atoms with Crippen LogP contribution < -0.4 is 5.32 Å². The fourth-order valence-corrected chi connectivity index (χ4v) is 1.16. The third kappa shape index (κ3) is 3.27. The van der Waals surface area contributed by atoms with Gasteiger partial charge in [-0.25, -0.2) is 4.98 Å². The lowest BCUT2D eigenvalue weighted by Gasteiger charge is -2.10. The lowest BCUT2D eigenvalue weighted by atomic mass is 10.3. The van der Waals surface area contributed by atoms with Crippen LogP contribution in [0.2, 0.25) is 0 Å². The van der Waals surface area contributed by atoms with Crippen molar-refractivity contribution < 1.29 is 0 Å². The molecule has 0 saturated heterocycles. The normalized spacial score (nSPS) is 11.8. The summed E-state index contributed by atoms with van der Waals surface area (Å²) in [6.45, 7) is 3.07. The molecule has 0 bridgehead atoms. The van der Waals surface area contributed by atoms with E-state index in [1.807, 2.05) is 23.9 Å². The van der Waals surface area contributed by atoms with Crippen molar-refractivity contribution in [2.45, 2.75) is 12.2 Å². The smallest absolute Gasteiger partial charge is 0.140 e. The molecule has 0 spiro atoms. The summed E-state index contributed by atoms with van der Waals surface area (Å²) in [7, 11) is 0. The fourth-order valence-electron chi connectivity index (χ4n) is 0.909. The molecular formula is C10H13N3S. The van der Waals surface area contributed by atoms with Crippen LogP contribution in [0, 0.1) is 11.3 Å². The summed E-state index contributed by atoms with van der Waals surface area (Å²) < 4.78 is 0. The molecule has 3 nitrogen and oxygen atoms in total. The first-order chi connectivity index (χ1) is 6.76. The Labute approximate surface area is 88.5 Å². The quantitative estimate of drug-likeness (QED) is 0.821. The maximum Gasteiger partial charge on any atom is 0.140 e. The Bertz CT molecular complexity index is 315. The van der Waals surface area contributed by atoms with Crippen LogP contribution in [0.1, 0.15) is 12.6 Å². The van der Waals surface area contributed by atoms with Gasteiger partial charge in [-0.3, -0.25) is 0 Å². The number of hydrogen-bond donors (Lipinski definition) is 1. The highest BCUT2D eigenvalue weighted by Gasteiger charge is 1.99. The van der Waals surface area contributed by atoms with E-state index < -0.39 is 0 Å². The Balaban J connectivity index is 2.49. The molecule has 1 rings (SSSR count). The van der Waals surface area contributed by atoms with Crippen molar-refractivity contribution in [3.63, 3.8) is 0 Å². The van der Waals surface area contributed by atoms with Crippen LogP contribution in [-0.2, 0) is 0 Å². The molecule has 1 N–H and O–H groups in total. The molecule has 1 aromatic rings. The zero-order valence-corrected chi connectivity index (χ0v) is 9.14. The number of nitrogens with zero attached hydrogens (tertiary/aromatic N) is 2. The van der Waals surface area contributed by atoms with Gasteiger partial charge in [-0.15, -0.1) is 0 Å². The Morgan fingerprint density at radius 1 is 1.64 bits per heavy atom. The minimum Gasteiger partial charge on any atom is -0.383 e. The van der Waals surface area contributed by atoms with Gasteiger partial charge in [0.05, 0.1) is 11.9 Å². The molecular weight excluding hydrogens is 194 g/mol. The molecule has 4 heteroatoms. The van der Waals surface area contributed by atoms with Crippen LogP contribution in [-0.4, -0.2) is 23.0 Å². The maximum absolute atomic E-state index is 8.55. The minimum atomic E-state index is 0.452. The second-order valence-corrected chi connectivity index (χ2v) is 4.25. The first-order valence-corrected chi connectivity index (χ1v) is 5.68. The highest BCUT2D eigenvalue weighted by Crippen LogP contribution is 2.09. The first kappa shape index (κ1) is 10.9. The predicted octanol–water partition coefficient (Wildman–Crippen LogP) is 2.12. The zero-order chi connectivity index (χ0) is 10.4. The van der Waals surface area contributed by atoms with Crippen molar-refractivity contribution in [2.75, 3.05) is 18.1 Å².